The zero-order chi connectivity index (χ0) is 19.7. The number of para-hydroxylation sites is 1. The van der Waals surface area contributed by atoms with Gasteiger partial charge in [0.2, 0.25) is 0 Å². The number of rotatable bonds is 5. The van der Waals surface area contributed by atoms with Crippen molar-refractivity contribution in [3.63, 3.8) is 0 Å². The van der Waals surface area contributed by atoms with Crippen molar-refractivity contribution in [2.24, 2.45) is 0 Å². The molecule has 4 heteroatoms. The van der Waals surface area contributed by atoms with Crippen molar-refractivity contribution in [1.82, 2.24) is 0 Å². The minimum atomic E-state index is -0.563. The topological polar surface area (TPSA) is 51.5 Å². The molecule has 1 heterocycles. The van der Waals surface area contributed by atoms with E-state index in [1.54, 1.807) is 0 Å². The van der Waals surface area contributed by atoms with Gasteiger partial charge >= 0.3 is 0 Å². The van der Waals surface area contributed by atoms with E-state index in [4.69, 9.17) is 9.15 Å². The smallest absolute Gasteiger partial charge is 0.265 e. The predicted octanol–water partition coefficient (Wildman–Crippen LogP) is 6.00. The van der Waals surface area contributed by atoms with Crippen molar-refractivity contribution in [2.45, 2.75) is 33.3 Å². The van der Waals surface area contributed by atoms with Crippen molar-refractivity contribution in [3.8, 4) is 5.75 Å². The first-order chi connectivity index (χ1) is 13.6. The van der Waals surface area contributed by atoms with E-state index in [2.05, 4.69) is 5.32 Å². The van der Waals surface area contributed by atoms with Gasteiger partial charge < -0.3 is 14.5 Å². The summed E-state index contributed by atoms with van der Waals surface area (Å²) in [6.45, 7) is 5.98. The van der Waals surface area contributed by atoms with Crippen LogP contribution in [0, 0.1) is 13.8 Å². The molecule has 0 spiro atoms. The SMILES string of the molecule is CC[C@@H](Oc1cccc(C)c1C)C(=O)Nc1ccc2c(c1)oc1ccccc12. The van der Waals surface area contributed by atoms with Gasteiger partial charge in [0.05, 0.1) is 0 Å². The Bertz CT molecular complexity index is 1160. The van der Waals surface area contributed by atoms with Crippen molar-refractivity contribution >= 4 is 33.5 Å². The Kier molecular flexibility index (Phi) is 4.78. The van der Waals surface area contributed by atoms with Crippen LogP contribution in [0.25, 0.3) is 21.9 Å². The van der Waals surface area contributed by atoms with Gasteiger partial charge in [-0.25, -0.2) is 0 Å². The van der Waals surface area contributed by atoms with Crippen molar-refractivity contribution < 1.29 is 13.9 Å². The van der Waals surface area contributed by atoms with E-state index in [1.807, 2.05) is 81.4 Å². The Morgan fingerprint density at radius 3 is 2.61 bits per heavy atom. The number of hydrogen-bond donors (Lipinski definition) is 1. The molecule has 0 unspecified atom stereocenters. The van der Waals surface area contributed by atoms with E-state index in [-0.39, 0.29) is 5.91 Å². The molecule has 1 amide bonds. The highest BCUT2D eigenvalue weighted by Gasteiger charge is 2.20. The summed E-state index contributed by atoms with van der Waals surface area (Å²) in [4.78, 5) is 12.8. The molecule has 0 aliphatic carbocycles. The summed E-state index contributed by atoms with van der Waals surface area (Å²) >= 11 is 0. The molecule has 28 heavy (non-hydrogen) atoms. The maximum Gasteiger partial charge on any atom is 0.265 e. The molecule has 0 radical (unpaired) electrons. The molecule has 0 bridgehead atoms. The number of anilines is 1. The van der Waals surface area contributed by atoms with E-state index in [0.717, 1.165) is 38.8 Å². The number of fused-ring (bicyclic) bond motifs is 3. The summed E-state index contributed by atoms with van der Waals surface area (Å²) in [6.07, 6.45) is 0.0124. The number of nitrogens with one attached hydrogen (secondary N) is 1. The first kappa shape index (κ1) is 18.1. The highest BCUT2D eigenvalue weighted by atomic mass is 16.5. The molecular formula is C24H23NO3. The van der Waals surface area contributed by atoms with Gasteiger partial charge in [0.15, 0.2) is 6.10 Å². The van der Waals surface area contributed by atoms with Crippen LogP contribution in [0.4, 0.5) is 5.69 Å². The van der Waals surface area contributed by atoms with Gasteiger partial charge in [0.1, 0.15) is 16.9 Å². The molecule has 0 saturated carbocycles. The second kappa shape index (κ2) is 7.39. The molecule has 0 fully saturated rings. The monoisotopic (exact) mass is 373 g/mol. The van der Waals surface area contributed by atoms with Gasteiger partial charge in [-0.2, -0.15) is 0 Å². The molecule has 1 aromatic heterocycles. The van der Waals surface area contributed by atoms with Gasteiger partial charge in [-0.3, -0.25) is 4.79 Å². The molecule has 142 valence electrons. The second-order valence-electron chi connectivity index (χ2n) is 7.01. The fourth-order valence-corrected chi connectivity index (χ4v) is 3.35. The molecule has 3 aromatic carbocycles. The number of aryl methyl sites for hydroxylation is 1. The minimum absolute atomic E-state index is 0.168. The van der Waals surface area contributed by atoms with Crippen LogP contribution in [0.5, 0.6) is 5.75 Å². The quantitative estimate of drug-likeness (QED) is 0.467. The Morgan fingerprint density at radius 2 is 1.79 bits per heavy atom. The van der Waals surface area contributed by atoms with Gasteiger partial charge in [0.25, 0.3) is 5.91 Å². The molecule has 4 nitrogen and oxygen atoms in total. The van der Waals surface area contributed by atoms with Crippen molar-refractivity contribution in [2.75, 3.05) is 5.32 Å². The predicted molar refractivity (Wildman–Crippen MR) is 113 cm³/mol. The lowest BCUT2D eigenvalue weighted by atomic mass is 10.1. The normalized spacial score (nSPS) is 12.2. The lowest BCUT2D eigenvalue weighted by molar-refractivity contribution is -0.122. The number of hydrogen-bond acceptors (Lipinski definition) is 3. The Balaban J connectivity index is 1.56. The fraction of sp³-hybridized carbons (Fsp3) is 0.208. The van der Waals surface area contributed by atoms with Crippen LogP contribution in [0.3, 0.4) is 0 Å². The molecule has 4 rings (SSSR count). The van der Waals surface area contributed by atoms with Crippen LogP contribution in [0.2, 0.25) is 0 Å². The van der Waals surface area contributed by atoms with Crippen molar-refractivity contribution in [1.29, 1.82) is 0 Å². The standard InChI is InChI=1S/C24H23NO3/c1-4-20(27-21-11-7-8-15(2)16(21)3)24(26)25-17-12-13-19-18-9-5-6-10-22(18)28-23(19)14-17/h5-14,20H,4H2,1-3H3,(H,25,26)/t20-/m1/s1. The van der Waals surface area contributed by atoms with Gasteiger partial charge in [-0.15, -0.1) is 0 Å². The number of carbonyl (C=O) groups excluding carboxylic acids is 1. The third-order valence-corrected chi connectivity index (χ3v) is 5.13. The first-order valence-corrected chi connectivity index (χ1v) is 9.52. The Morgan fingerprint density at radius 1 is 1.00 bits per heavy atom. The van der Waals surface area contributed by atoms with Gasteiger partial charge in [0, 0.05) is 22.5 Å². The summed E-state index contributed by atoms with van der Waals surface area (Å²) in [5.41, 5.74) is 4.48. The van der Waals surface area contributed by atoms with Gasteiger partial charge in [-0.05, 0) is 55.7 Å². The Labute approximate surface area is 164 Å². The number of amides is 1. The van der Waals surface area contributed by atoms with Crippen LogP contribution in [-0.2, 0) is 4.79 Å². The van der Waals surface area contributed by atoms with Crippen LogP contribution < -0.4 is 10.1 Å². The zero-order valence-electron chi connectivity index (χ0n) is 16.3. The summed E-state index contributed by atoms with van der Waals surface area (Å²) in [6, 6.07) is 19.5. The fourth-order valence-electron chi connectivity index (χ4n) is 3.35. The largest absolute Gasteiger partial charge is 0.480 e. The molecule has 1 atom stereocenters. The molecular weight excluding hydrogens is 350 g/mol. The highest BCUT2D eigenvalue weighted by Crippen LogP contribution is 2.30. The van der Waals surface area contributed by atoms with E-state index in [9.17, 15) is 4.79 Å². The molecule has 0 aliphatic rings. The Hall–Kier alpha value is -3.27. The maximum absolute atomic E-state index is 12.8. The van der Waals surface area contributed by atoms with Gasteiger partial charge in [-0.1, -0.05) is 37.3 Å². The maximum atomic E-state index is 12.8. The third kappa shape index (κ3) is 3.33. The average Bonchev–Trinajstić information content (AvgIpc) is 3.06. The van der Waals surface area contributed by atoms with E-state index in [1.165, 1.54) is 0 Å². The average molecular weight is 373 g/mol. The molecule has 1 N–H and O–H groups in total. The van der Waals surface area contributed by atoms with Crippen molar-refractivity contribution in [3.05, 3.63) is 71.8 Å². The number of furan rings is 1. The van der Waals surface area contributed by atoms with E-state index < -0.39 is 6.10 Å². The van der Waals surface area contributed by atoms with Crippen LogP contribution >= 0.6 is 0 Å². The van der Waals surface area contributed by atoms with E-state index >= 15 is 0 Å². The summed E-state index contributed by atoms with van der Waals surface area (Å²) in [7, 11) is 0. The van der Waals surface area contributed by atoms with E-state index in [0.29, 0.717) is 12.1 Å². The summed E-state index contributed by atoms with van der Waals surface area (Å²) in [5.74, 6) is 0.577. The highest BCUT2D eigenvalue weighted by molar-refractivity contribution is 6.06. The van der Waals surface area contributed by atoms with Crippen LogP contribution in [0.1, 0.15) is 24.5 Å². The molecule has 4 aromatic rings. The summed E-state index contributed by atoms with van der Waals surface area (Å²) < 4.78 is 11.9. The minimum Gasteiger partial charge on any atom is -0.480 e. The van der Waals surface area contributed by atoms with Crippen LogP contribution in [-0.4, -0.2) is 12.0 Å². The van der Waals surface area contributed by atoms with Crippen LogP contribution in [0.15, 0.2) is 65.1 Å². The number of benzene rings is 3. The molecule has 0 aliphatic heterocycles. The first-order valence-electron chi connectivity index (χ1n) is 9.52. The lowest BCUT2D eigenvalue weighted by Gasteiger charge is -2.19. The second-order valence-corrected chi connectivity index (χ2v) is 7.01. The molecule has 0 saturated heterocycles. The third-order valence-electron chi connectivity index (χ3n) is 5.13. The number of carbonyl (C=O) groups is 1. The lowest BCUT2D eigenvalue weighted by Crippen LogP contribution is -2.32. The summed E-state index contributed by atoms with van der Waals surface area (Å²) in [5, 5.41) is 5.06. The zero-order valence-corrected chi connectivity index (χ0v) is 16.3. The number of ether oxygens (including phenoxy) is 1.